The third-order valence-electron chi connectivity index (χ3n) is 13.9. The molecule has 13 rings (SSSR count). The largest absolute Gasteiger partial charge is 0.454 e. The van der Waals surface area contributed by atoms with Gasteiger partial charge in [-0.05, 0) is 116 Å². The number of anilines is 2. The highest BCUT2D eigenvalue weighted by molar-refractivity contribution is 7.26. The lowest BCUT2D eigenvalue weighted by Gasteiger charge is -2.36. The lowest BCUT2D eigenvalue weighted by atomic mass is 9.65. The van der Waals surface area contributed by atoms with E-state index in [1.54, 1.807) is 0 Å². The lowest BCUT2D eigenvalue weighted by molar-refractivity contribution is 0.570. The standard InChI is InChI=1S/C62H41NOS/c1-3-17-49-48-23-11-15-28-56(48)64-61(49)39(2)63(42-32-30-41(31-33-42)40-18-5-4-6-19-40)43-34-35-47-45-21-8-7-20-44(45)46-22-9-13-26-52(46)62(55(47)38-43)53-27-14-10-24-50(53)59-54(62)36-37-58-60(59)51-25-12-16-29-57(51)65-58/h3-38H,1H2,2H3/b49-17-,61-39-. The number of hydrogen-bond acceptors (Lipinski definition) is 3. The molecule has 0 saturated carbocycles. The van der Waals surface area contributed by atoms with Crippen molar-refractivity contribution in [1.29, 1.82) is 0 Å². The highest BCUT2D eigenvalue weighted by Gasteiger charge is 2.50. The van der Waals surface area contributed by atoms with Crippen molar-refractivity contribution >= 4 is 65.6 Å². The summed E-state index contributed by atoms with van der Waals surface area (Å²) in [6, 6.07) is 76.1. The predicted molar refractivity (Wildman–Crippen MR) is 274 cm³/mol. The zero-order chi connectivity index (χ0) is 43.2. The van der Waals surface area contributed by atoms with Crippen molar-refractivity contribution in [2.45, 2.75) is 12.3 Å². The third-order valence-corrected chi connectivity index (χ3v) is 15.0. The van der Waals surface area contributed by atoms with Gasteiger partial charge in [-0.2, -0.15) is 0 Å². The first kappa shape index (κ1) is 37.6. The second kappa shape index (κ2) is 14.5. The summed E-state index contributed by atoms with van der Waals surface area (Å²) in [4.78, 5) is 2.39. The van der Waals surface area contributed by atoms with Crippen LogP contribution in [0.15, 0.2) is 223 Å². The van der Waals surface area contributed by atoms with Crippen LogP contribution in [0, 0.1) is 0 Å². The zero-order valence-corrected chi connectivity index (χ0v) is 36.6. The van der Waals surface area contributed by atoms with Gasteiger partial charge < -0.3 is 9.32 Å². The maximum atomic E-state index is 6.85. The minimum absolute atomic E-state index is 0.665. The SMILES string of the molecule is C=C/C=c1\c(=C(/C)N(c2ccc(-c3ccccc3)cc2)c2ccc3c(c2)C2(c4ccccc4-c4ccccc4-3)c3ccccc3-c3c2ccc2sc4ccccc4c32)oc2ccccc12. The van der Waals surface area contributed by atoms with Gasteiger partial charge in [0.15, 0.2) is 5.42 Å². The van der Waals surface area contributed by atoms with Crippen molar-refractivity contribution in [3.05, 3.63) is 252 Å². The highest BCUT2D eigenvalue weighted by atomic mass is 32.1. The molecule has 2 aromatic heterocycles. The second-order valence-corrected chi connectivity index (χ2v) is 18.2. The Kier molecular flexibility index (Phi) is 8.40. The second-order valence-electron chi connectivity index (χ2n) is 17.2. The van der Waals surface area contributed by atoms with Crippen LogP contribution in [-0.4, -0.2) is 0 Å². The maximum absolute atomic E-state index is 6.85. The van der Waals surface area contributed by atoms with Gasteiger partial charge >= 0.3 is 0 Å². The van der Waals surface area contributed by atoms with Crippen molar-refractivity contribution in [3.8, 4) is 44.5 Å². The summed E-state index contributed by atoms with van der Waals surface area (Å²) in [5.41, 5.74) is 19.1. The number of benzene rings is 9. The smallest absolute Gasteiger partial charge is 0.154 e. The first-order chi connectivity index (χ1) is 32.1. The first-order valence-electron chi connectivity index (χ1n) is 22.3. The number of fused-ring (bicyclic) bond motifs is 17. The van der Waals surface area contributed by atoms with E-state index in [2.05, 4.69) is 225 Å². The molecule has 2 aliphatic carbocycles. The van der Waals surface area contributed by atoms with Gasteiger partial charge in [-0.25, -0.2) is 0 Å². The summed E-state index contributed by atoms with van der Waals surface area (Å²) in [6.07, 6.45) is 3.93. The summed E-state index contributed by atoms with van der Waals surface area (Å²) < 4.78 is 9.47. The van der Waals surface area contributed by atoms with Crippen LogP contribution in [0.4, 0.5) is 11.4 Å². The molecule has 3 heteroatoms. The molecule has 65 heavy (non-hydrogen) atoms. The van der Waals surface area contributed by atoms with E-state index in [4.69, 9.17) is 4.42 Å². The predicted octanol–water partition coefficient (Wildman–Crippen LogP) is 15.4. The van der Waals surface area contributed by atoms with Crippen molar-refractivity contribution in [2.75, 3.05) is 4.90 Å². The van der Waals surface area contributed by atoms with Crippen LogP contribution in [-0.2, 0) is 5.41 Å². The number of thiophene rings is 1. The number of hydrogen-bond donors (Lipinski definition) is 0. The van der Waals surface area contributed by atoms with Gasteiger partial charge in [0, 0.05) is 42.2 Å². The van der Waals surface area contributed by atoms with E-state index in [1.807, 2.05) is 23.5 Å². The quantitative estimate of drug-likeness (QED) is 0.172. The number of rotatable bonds is 5. The molecule has 1 atom stereocenters. The molecule has 0 radical (unpaired) electrons. The van der Waals surface area contributed by atoms with Gasteiger partial charge in [-0.1, -0.05) is 183 Å². The van der Waals surface area contributed by atoms with Gasteiger partial charge in [0.2, 0.25) is 0 Å². The number of furan rings is 1. The Labute approximate surface area is 381 Å². The van der Waals surface area contributed by atoms with Crippen LogP contribution in [0.5, 0.6) is 0 Å². The van der Waals surface area contributed by atoms with Crippen molar-refractivity contribution < 1.29 is 4.42 Å². The Morgan fingerprint density at radius 3 is 1.88 bits per heavy atom. The number of para-hydroxylation sites is 1. The zero-order valence-electron chi connectivity index (χ0n) is 35.8. The van der Waals surface area contributed by atoms with Gasteiger partial charge in [-0.3, -0.25) is 0 Å². The minimum atomic E-state index is -0.665. The Bertz CT molecular complexity index is 3870. The van der Waals surface area contributed by atoms with Gasteiger partial charge in [0.25, 0.3) is 0 Å². The summed E-state index contributed by atoms with van der Waals surface area (Å²) in [5.74, 6) is 0. The van der Waals surface area contributed by atoms with Crippen LogP contribution in [0.25, 0.3) is 87.4 Å². The fraction of sp³-hybridized carbons (Fsp3) is 0.0323. The van der Waals surface area contributed by atoms with E-state index in [0.717, 1.165) is 44.2 Å². The lowest BCUT2D eigenvalue weighted by Crippen LogP contribution is -2.31. The van der Waals surface area contributed by atoms with Crippen LogP contribution in [0.1, 0.15) is 29.2 Å². The summed E-state index contributed by atoms with van der Waals surface area (Å²) in [6.45, 7) is 6.31. The molecule has 306 valence electrons. The molecule has 2 heterocycles. The molecular formula is C62H41NOS. The molecule has 0 N–H and O–H groups in total. The van der Waals surface area contributed by atoms with Crippen molar-refractivity contribution in [2.24, 2.45) is 0 Å². The Morgan fingerprint density at radius 2 is 1.11 bits per heavy atom. The first-order valence-corrected chi connectivity index (χ1v) is 23.1. The van der Waals surface area contributed by atoms with E-state index >= 15 is 0 Å². The van der Waals surface area contributed by atoms with E-state index < -0.39 is 5.41 Å². The molecule has 0 saturated heterocycles. The highest BCUT2D eigenvalue weighted by Crippen LogP contribution is 2.63. The minimum Gasteiger partial charge on any atom is -0.454 e. The molecule has 0 fully saturated rings. The van der Waals surface area contributed by atoms with Crippen LogP contribution in [0.2, 0.25) is 0 Å². The van der Waals surface area contributed by atoms with Crippen LogP contribution >= 0.6 is 11.3 Å². The summed E-state index contributed by atoms with van der Waals surface area (Å²) in [5, 5.41) is 4.72. The molecule has 11 aromatic rings. The van der Waals surface area contributed by atoms with E-state index in [9.17, 15) is 0 Å². The van der Waals surface area contributed by atoms with Gasteiger partial charge in [-0.15, -0.1) is 11.3 Å². The molecule has 1 spiro atoms. The molecular weight excluding hydrogens is 807 g/mol. The van der Waals surface area contributed by atoms with E-state index in [0.29, 0.717) is 0 Å². The molecule has 0 amide bonds. The average Bonchev–Trinajstić information content (AvgIpc) is 4.01. The fourth-order valence-corrected chi connectivity index (χ4v) is 12.3. The van der Waals surface area contributed by atoms with Gasteiger partial charge in [0.1, 0.15) is 5.58 Å². The number of allylic oxidation sites excluding steroid dienone is 1. The molecule has 0 aliphatic heterocycles. The maximum Gasteiger partial charge on any atom is 0.154 e. The molecule has 0 bridgehead atoms. The van der Waals surface area contributed by atoms with Crippen LogP contribution in [0.3, 0.4) is 0 Å². The van der Waals surface area contributed by atoms with E-state index in [-0.39, 0.29) is 0 Å². The summed E-state index contributed by atoms with van der Waals surface area (Å²) >= 11 is 1.89. The van der Waals surface area contributed by atoms with Crippen molar-refractivity contribution in [1.82, 2.24) is 0 Å². The Balaban J connectivity index is 1.16. The van der Waals surface area contributed by atoms with Crippen LogP contribution < -0.4 is 15.5 Å². The molecule has 2 aliphatic rings. The third kappa shape index (κ3) is 5.40. The average molecular weight is 848 g/mol. The molecule has 2 nitrogen and oxygen atoms in total. The molecule has 1 unspecified atom stereocenters. The Morgan fingerprint density at radius 1 is 0.508 bits per heavy atom. The fourth-order valence-electron chi connectivity index (χ4n) is 11.2. The Hall–Kier alpha value is -7.98. The topological polar surface area (TPSA) is 16.4 Å². The van der Waals surface area contributed by atoms with E-state index in [1.165, 1.54) is 81.4 Å². The molecule has 9 aromatic carbocycles. The number of nitrogens with zero attached hydrogens (tertiary/aromatic N) is 1. The van der Waals surface area contributed by atoms with Crippen molar-refractivity contribution in [3.63, 3.8) is 0 Å². The summed E-state index contributed by atoms with van der Waals surface area (Å²) in [7, 11) is 0. The van der Waals surface area contributed by atoms with Gasteiger partial charge in [0.05, 0.1) is 11.1 Å². The normalized spacial score (nSPS) is 15.3. The monoisotopic (exact) mass is 847 g/mol.